The Hall–Kier alpha value is -1.28. The number of piperidine rings is 1. The molecular formula is C20H26Cl2N2O2. The molecule has 6 heteroatoms. The van der Waals surface area contributed by atoms with Crippen LogP contribution in [0.5, 0.6) is 0 Å². The molecule has 1 aliphatic heterocycles. The smallest absolute Gasteiger partial charge is 0.307 e. The highest BCUT2D eigenvalue weighted by atomic mass is 35.5. The lowest BCUT2D eigenvalue weighted by molar-refractivity contribution is -0.141. The van der Waals surface area contributed by atoms with Crippen molar-refractivity contribution in [2.45, 2.75) is 63.5 Å². The van der Waals surface area contributed by atoms with E-state index in [9.17, 15) is 10.1 Å². The van der Waals surface area contributed by atoms with E-state index in [1.54, 1.807) is 18.2 Å². The molecule has 0 spiro atoms. The van der Waals surface area contributed by atoms with Crippen LogP contribution >= 0.6 is 23.2 Å². The molecule has 1 saturated heterocycles. The second kappa shape index (κ2) is 9.08. The van der Waals surface area contributed by atoms with E-state index in [4.69, 9.17) is 27.9 Å². The molecule has 1 heterocycles. The molecule has 0 amide bonds. The average molecular weight is 397 g/mol. The zero-order chi connectivity index (χ0) is 19.3. The van der Waals surface area contributed by atoms with Crippen LogP contribution in [0.1, 0.15) is 51.5 Å². The molecule has 0 bridgehead atoms. The van der Waals surface area contributed by atoms with E-state index < -0.39 is 11.4 Å². The number of benzene rings is 1. The van der Waals surface area contributed by atoms with Gasteiger partial charge in [0, 0.05) is 28.7 Å². The monoisotopic (exact) mass is 396 g/mol. The second-order valence-corrected chi connectivity index (χ2v) is 8.03. The first kappa shape index (κ1) is 21.0. The molecular weight excluding hydrogens is 371 g/mol. The number of esters is 1. The van der Waals surface area contributed by atoms with Crippen molar-refractivity contribution < 1.29 is 9.53 Å². The van der Waals surface area contributed by atoms with Gasteiger partial charge in [0.2, 0.25) is 0 Å². The number of hydrogen-bond acceptors (Lipinski definition) is 4. The fourth-order valence-corrected chi connectivity index (χ4v) is 4.49. The van der Waals surface area contributed by atoms with Crippen LogP contribution in [0.25, 0.3) is 0 Å². The fraction of sp³-hybridized carbons (Fsp3) is 0.600. The minimum absolute atomic E-state index is 0.0298. The summed E-state index contributed by atoms with van der Waals surface area (Å²) in [5.74, 6) is -0.419. The summed E-state index contributed by atoms with van der Waals surface area (Å²) in [5.41, 5.74) is -0.403. The van der Waals surface area contributed by atoms with Gasteiger partial charge < -0.3 is 4.74 Å². The van der Waals surface area contributed by atoms with Crippen LogP contribution < -0.4 is 0 Å². The Morgan fingerprint density at radius 1 is 1.35 bits per heavy atom. The van der Waals surface area contributed by atoms with E-state index in [1.807, 2.05) is 0 Å². The third-order valence-electron chi connectivity index (χ3n) is 5.51. The van der Waals surface area contributed by atoms with Crippen molar-refractivity contribution in [3.05, 3.63) is 33.8 Å². The van der Waals surface area contributed by atoms with Crippen molar-refractivity contribution >= 4 is 29.2 Å². The van der Waals surface area contributed by atoms with E-state index >= 15 is 0 Å². The molecule has 142 valence electrons. The second-order valence-electron chi connectivity index (χ2n) is 7.19. The highest BCUT2D eigenvalue weighted by molar-refractivity contribution is 6.35. The highest BCUT2D eigenvalue weighted by Crippen LogP contribution is 2.38. The van der Waals surface area contributed by atoms with Crippen molar-refractivity contribution in [1.29, 1.82) is 5.26 Å². The zero-order valence-corrected chi connectivity index (χ0v) is 17.1. The van der Waals surface area contributed by atoms with Gasteiger partial charge in [0.1, 0.15) is 0 Å². The van der Waals surface area contributed by atoms with E-state index in [0.29, 0.717) is 34.1 Å². The normalized spacial score (nSPS) is 23.1. The largest absolute Gasteiger partial charge is 0.469 e. The molecule has 0 saturated carbocycles. The van der Waals surface area contributed by atoms with E-state index in [-0.39, 0.29) is 6.42 Å². The van der Waals surface area contributed by atoms with Gasteiger partial charge in [0.15, 0.2) is 0 Å². The average Bonchev–Trinajstić information content (AvgIpc) is 2.60. The Bertz CT molecular complexity index is 679. The van der Waals surface area contributed by atoms with Crippen molar-refractivity contribution in [2.75, 3.05) is 13.7 Å². The van der Waals surface area contributed by atoms with Crippen LogP contribution in [0.15, 0.2) is 18.2 Å². The topological polar surface area (TPSA) is 53.3 Å². The van der Waals surface area contributed by atoms with Crippen LogP contribution in [-0.2, 0) is 14.9 Å². The quantitative estimate of drug-likeness (QED) is 0.636. The summed E-state index contributed by atoms with van der Waals surface area (Å²) in [5, 5.41) is 11.0. The van der Waals surface area contributed by atoms with Gasteiger partial charge in [0.05, 0.1) is 25.0 Å². The third kappa shape index (κ3) is 4.71. The van der Waals surface area contributed by atoms with Crippen LogP contribution in [0.3, 0.4) is 0 Å². The summed E-state index contributed by atoms with van der Waals surface area (Å²) in [4.78, 5) is 14.5. The highest BCUT2D eigenvalue weighted by Gasteiger charge is 2.38. The Labute approximate surface area is 166 Å². The predicted molar refractivity (Wildman–Crippen MR) is 104 cm³/mol. The Kier molecular flexibility index (Phi) is 7.34. The maximum absolute atomic E-state index is 12.1. The Balaban J connectivity index is 2.33. The molecule has 0 N–H and O–H groups in total. The maximum Gasteiger partial charge on any atom is 0.307 e. The lowest BCUT2D eigenvalue weighted by Crippen LogP contribution is -2.46. The minimum Gasteiger partial charge on any atom is -0.469 e. The predicted octanol–water partition coefficient (Wildman–Crippen LogP) is 4.97. The van der Waals surface area contributed by atoms with E-state index in [1.165, 1.54) is 13.5 Å². The number of halogens is 2. The van der Waals surface area contributed by atoms with Crippen LogP contribution in [0.2, 0.25) is 10.0 Å². The van der Waals surface area contributed by atoms with Gasteiger partial charge in [-0.15, -0.1) is 0 Å². The standard InChI is InChI=1S/C20H26Cl2N2O2/c1-14-5-4-6-15(2)24(14)10-9-20(13-23,12-19(25)26-3)17-8-7-16(21)11-18(17)22/h7-8,11,14-15H,4-6,9-10,12H2,1-3H3. The van der Waals surface area contributed by atoms with E-state index in [2.05, 4.69) is 24.8 Å². The molecule has 1 aromatic rings. The number of methoxy groups -OCH3 is 1. The minimum atomic E-state index is -1.04. The molecule has 0 aromatic heterocycles. The molecule has 0 radical (unpaired) electrons. The first-order chi connectivity index (χ1) is 12.3. The van der Waals surface area contributed by atoms with Gasteiger partial charge in [-0.2, -0.15) is 5.26 Å². The molecule has 1 aromatic carbocycles. The Morgan fingerprint density at radius 3 is 2.54 bits per heavy atom. The van der Waals surface area contributed by atoms with Gasteiger partial charge >= 0.3 is 5.97 Å². The first-order valence-corrected chi connectivity index (χ1v) is 9.78. The summed E-state index contributed by atoms with van der Waals surface area (Å²) < 4.78 is 4.85. The molecule has 3 unspecified atom stereocenters. The number of carbonyl (C=O) groups excluding carboxylic acids is 1. The summed E-state index contributed by atoms with van der Waals surface area (Å²) >= 11 is 12.4. The molecule has 2 rings (SSSR count). The van der Waals surface area contributed by atoms with Crippen LogP contribution in [-0.4, -0.2) is 36.6 Å². The summed E-state index contributed by atoms with van der Waals surface area (Å²) in [6, 6.07) is 8.38. The van der Waals surface area contributed by atoms with Crippen molar-refractivity contribution in [3.63, 3.8) is 0 Å². The molecule has 4 nitrogen and oxygen atoms in total. The van der Waals surface area contributed by atoms with Gasteiger partial charge in [-0.3, -0.25) is 9.69 Å². The molecule has 26 heavy (non-hydrogen) atoms. The Morgan fingerprint density at radius 2 is 2.00 bits per heavy atom. The SMILES string of the molecule is COC(=O)CC(C#N)(CCN1C(C)CCCC1C)c1ccc(Cl)cc1Cl. The van der Waals surface area contributed by atoms with Crippen LogP contribution in [0.4, 0.5) is 0 Å². The van der Waals surface area contributed by atoms with Gasteiger partial charge in [-0.1, -0.05) is 35.7 Å². The van der Waals surface area contributed by atoms with Crippen LogP contribution in [0, 0.1) is 11.3 Å². The summed E-state index contributed by atoms with van der Waals surface area (Å²) in [6.07, 6.45) is 4.02. The maximum atomic E-state index is 12.1. The van der Waals surface area contributed by atoms with Crippen molar-refractivity contribution in [1.82, 2.24) is 4.90 Å². The van der Waals surface area contributed by atoms with Gasteiger partial charge in [-0.25, -0.2) is 0 Å². The van der Waals surface area contributed by atoms with Crippen molar-refractivity contribution in [2.24, 2.45) is 0 Å². The number of likely N-dealkylation sites (tertiary alicyclic amines) is 1. The fourth-order valence-electron chi connectivity index (χ4n) is 3.91. The molecule has 3 atom stereocenters. The third-order valence-corrected chi connectivity index (χ3v) is 6.06. The first-order valence-electron chi connectivity index (χ1n) is 9.02. The number of carbonyl (C=O) groups is 1. The molecule has 0 aliphatic carbocycles. The number of nitriles is 1. The number of rotatable bonds is 6. The molecule has 1 fully saturated rings. The lowest BCUT2D eigenvalue weighted by Gasteiger charge is -2.40. The number of ether oxygens (including phenoxy) is 1. The lowest BCUT2D eigenvalue weighted by atomic mass is 9.75. The zero-order valence-electron chi connectivity index (χ0n) is 15.6. The molecule has 1 aliphatic rings. The van der Waals surface area contributed by atoms with Gasteiger partial charge in [-0.05, 0) is 50.8 Å². The summed E-state index contributed by atoms with van der Waals surface area (Å²) in [7, 11) is 1.34. The summed E-state index contributed by atoms with van der Waals surface area (Å²) in [6.45, 7) is 5.17. The van der Waals surface area contributed by atoms with E-state index in [0.717, 1.165) is 19.4 Å². The number of hydrogen-bond donors (Lipinski definition) is 0. The van der Waals surface area contributed by atoms with Crippen molar-refractivity contribution in [3.8, 4) is 6.07 Å². The number of nitrogens with zero attached hydrogens (tertiary/aromatic N) is 2. The van der Waals surface area contributed by atoms with Gasteiger partial charge in [0.25, 0.3) is 0 Å².